The Kier molecular flexibility index (Phi) is 2.40. The third kappa shape index (κ3) is 1.71. The van der Waals surface area contributed by atoms with Crippen LogP contribution in [0.2, 0.25) is 0 Å². The molecule has 0 spiro atoms. The summed E-state index contributed by atoms with van der Waals surface area (Å²) >= 11 is 0. The van der Waals surface area contributed by atoms with Gasteiger partial charge in [-0.15, -0.1) is 0 Å². The SMILES string of the molecule is Cc1ccc2[nH]c3ccc(-c4ccccc4)cc3c2c1. The summed E-state index contributed by atoms with van der Waals surface area (Å²) in [5.41, 5.74) is 6.22. The van der Waals surface area contributed by atoms with Crippen LogP contribution in [0.4, 0.5) is 0 Å². The molecule has 1 aromatic heterocycles. The molecule has 0 bridgehead atoms. The lowest BCUT2D eigenvalue weighted by molar-refractivity contribution is 1.49. The van der Waals surface area contributed by atoms with Crippen LogP contribution in [0.25, 0.3) is 32.9 Å². The van der Waals surface area contributed by atoms with Gasteiger partial charge in [0.1, 0.15) is 0 Å². The van der Waals surface area contributed by atoms with Crippen LogP contribution in [0.15, 0.2) is 66.7 Å². The Morgan fingerprint density at radius 1 is 0.650 bits per heavy atom. The molecule has 3 aromatic carbocycles. The molecule has 1 heteroatoms. The Morgan fingerprint density at radius 2 is 1.35 bits per heavy atom. The minimum absolute atomic E-state index is 1.20. The van der Waals surface area contributed by atoms with Crippen LogP contribution in [-0.2, 0) is 0 Å². The zero-order chi connectivity index (χ0) is 13.5. The van der Waals surface area contributed by atoms with Crippen molar-refractivity contribution in [1.82, 2.24) is 4.98 Å². The van der Waals surface area contributed by atoms with E-state index in [2.05, 4.69) is 78.6 Å². The summed E-state index contributed by atoms with van der Waals surface area (Å²) in [6.07, 6.45) is 0. The second kappa shape index (κ2) is 4.24. The Balaban J connectivity index is 2.03. The molecule has 0 fully saturated rings. The molecule has 20 heavy (non-hydrogen) atoms. The van der Waals surface area contributed by atoms with E-state index in [4.69, 9.17) is 0 Å². The maximum atomic E-state index is 3.48. The topological polar surface area (TPSA) is 15.8 Å². The van der Waals surface area contributed by atoms with Crippen molar-refractivity contribution < 1.29 is 0 Å². The first-order valence-corrected chi connectivity index (χ1v) is 6.89. The number of rotatable bonds is 1. The Labute approximate surface area is 117 Å². The second-order valence-electron chi connectivity index (χ2n) is 5.30. The first-order chi connectivity index (χ1) is 9.81. The molecule has 0 amide bonds. The Bertz CT molecular complexity index is 901. The number of benzene rings is 3. The zero-order valence-electron chi connectivity index (χ0n) is 11.4. The highest BCUT2D eigenvalue weighted by molar-refractivity contribution is 6.08. The molecule has 96 valence electrons. The lowest BCUT2D eigenvalue weighted by atomic mass is 10.0. The molecule has 0 radical (unpaired) electrons. The summed E-state index contributed by atoms with van der Waals surface area (Å²) in [7, 11) is 0. The molecular formula is C19H15N. The standard InChI is InChI=1S/C19H15N/c1-13-7-9-18-16(11-13)17-12-15(8-10-19(17)20-18)14-5-3-2-4-6-14/h2-12,20H,1H3. The number of H-pyrrole nitrogens is 1. The lowest BCUT2D eigenvalue weighted by Gasteiger charge is -2.01. The number of hydrogen-bond donors (Lipinski definition) is 1. The summed E-state index contributed by atoms with van der Waals surface area (Å²) in [5.74, 6) is 0. The average molecular weight is 257 g/mol. The third-order valence-electron chi connectivity index (χ3n) is 3.86. The number of aromatic amines is 1. The summed E-state index contributed by atoms with van der Waals surface area (Å²) in [4.78, 5) is 3.48. The van der Waals surface area contributed by atoms with Gasteiger partial charge >= 0.3 is 0 Å². The molecule has 0 aliphatic heterocycles. The number of hydrogen-bond acceptors (Lipinski definition) is 0. The smallest absolute Gasteiger partial charge is 0.0465 e. The van der Waals surface area contributed by atoms with Gasteiger partial charge in [0.15, 0.2) is 0 Å². The average Bonchev–Trinajstić information content (AvgIpc) is 2.85. The van der Waals surface area contributed by atoms with E-state index in [9.17, 15) is 0 Å². The maximum absolute atomic E-state index is 3.48. The van der Waals surface area contributed by atoms with E-state index in [1.54, 1.807) is 0 Å². The highest BCUT2D eigenvalue weighted by atomic mass is 14.7. The maximum Gasteiger partial charge on any atom is 0.0465 e. The van der Waals surface area contributed by atoms with Crippen LogP contribution in [0.5, 0.6) is 0 Å². The van der Waals surface area contributed by atoms with Gasteiger partial charge in [-0.25, -0.2) is 0 Å². The minimum Gasteiger partial charge on any atom is -0.355 e. The van der Waals surface area contributed by atoms with Gasteiger partial charge < -0.3 is 4.98 Å². The van der Waals surface area contributed by atoms with Crippen LogP contribution in [0.3, 0.4) is 0 Å². The number of aromatic nitrogens is 1. The molecule has 4 aromatic rings. The van der Waals surface area contributed by atoms with Gasteiger partial charge in [0.2, 0.25) is 0 Å². The predicted molar refractivity (Wildman–Crippen MR) is 86.0 cm³/mol. The first-order valence-electron chi connectivity index (χ1n) is 6.89. The third-order valence-corrected chi connectivity index (χ3v) is 3.86. The molecule has 0 aliphatic carbocycles. The summed E-state index contributed by atoms with van der Waals surface area (Å²) < 4.78 is 0. The van der Waals surface area contributed by atoms with Gasteiger partial charge in [-0.3, -0.25) is 0 Å². The molecule has 1 heterocycles. The molecule has 1 N–H and O–H groups in total. The lowest BCUT2D eigenvalue weighted by Crippen LogP contribution is -1.77. The molecule has 0 saturated carbocycles. The van der Waals surface area contributed by atoms with Crippen molar-refractivity contribution >= 4 is 21.8 Å². The molecule has 0 aliphatic rings. The molecular weight excluding hydrogens is 242 g/mol. The van der Waals surface area contributed by atoms with Gasteiger partial charge in [-0.05, 0) is 42.3 Å². The van der Waals surface area contributed by atoms with Gasteiger partial charge in [0.25, 0.3) is 0 Å². The monoisotopic (exact) mass is 257 g/mol. The van der Waals surface area contributed by atoms with Crippen molar-refractivity contribution in [3.8, 4) is 11.1 Å². The minimum atomic E-state index is 1.20. The molecule has 0 unspecified atom stereocenters. The van der Waals surface area contributed by atoms with Crippen molar-refractivity contribution in [2.75, 3.05) is 0 Å². The normalized spacial score (nSPS) is 11.2. The fourth-order valence-corrected chi connectivity index (χ4v) is 2.82. The molecule has 0 saturated heterocycles. The van der Waals surface area contributed by atoms with Gasteiger partial charge in [0, 0.05) is 21.8 Å². The van der Waals surface area contributed by atoms with E-state index in [1.807, 2.05) is 0 Å². The van der Waals surface area contributed by atoms with Crippen LogP contribution >= 0.6 is 0 Å². The Hall–Kier alpha value is -2.54. The largest absolute Gasteiger partial charge is 0.355 e. The zero-order valence-corrected chi connectivity index (χ0v) is 11.4. The van der Waals surface area contributed by atoms with Crippen LogP contribution in [-0.4, -0.2) is 4.98 Å². The van der Waals surface area contributed by atoms with Crippen molar-refractivity contribution in [2.24, 2.45) is 0 Å². The number of fused-ring (bicyclic) bond motifs is 3. The van der Waals surface area contributed by atoms with Crippen LogP contribution in [0, 0.1) is 6.92 Å². The summed E-state index contributed by atoms with van der Waals surface area (Å²) in [6, 6.07) is 23.7. The Morgan fingerprint density at radius 3 is 2.15 bits per heavy atom. The van der Waals surface area contributed by atoms with Crippen LogP contribution in [0.1, 0.15) is 5.56 Å². The van der Waals surface area contributed by atoms with Crippen LogP contribution < -0.4 is 0 Å². The van der Waals surface area contributed by atoms with E-state index >= 15 is 0 Å². The van der Waals surface area contributed by atoms with Gasteiger partial charge in [-0.2, -0.15) is 0 Å². The molecule has 1 nitrogen and oxygen atoms in total. The number of aryl methyl sites for hydroxylation is 1. The van der Waals surface area contributed by atoms with E-state index < -0.39 is 0 Å². The van der Waals surface area contributed by atoms with Crippen molar-refractivity contribution in [3.05, 3.63) is 72.3 Å². The van der Waals surface area contributed by atoms with E-state index in [0.717, 1.165) is 0 Å². The van der Waals surface area contributed by atoms with Crippen molar-refractivity contribution in [2.45, 2.75) is 6.92 Å². The first kappa shape index (κ1) is 11.3. The fraction of sp³-hybridized carbons (Fsp3) is 0.0526. The van der Waals surface area contributed by atoms with Gasteiger partial charge in [0.05, 0.1) is 0 Å². The number of nitrogens with one attached hydrogen (secondary N) is 1. The quantitative estimate of drug-likeness (QED) is 0.476. The van der Waals surface area contributed by atoms with Gasteiger partial charge in [-0.1, -0.05) is 48.0 Å². The summed E-state index contributed by atoms with van der Waals surface area (Å²) in [5, 5.41) is 2.60. The van der Waals surface area contributed by atoms with E-state index in [-0.39, 0.29) is 0 Å². The van der Waals surface area contributed by atoms with Crippen molar-refractivity contribution in [3.63, 3.8) is 0 Å². The highest BCUT2D eigenvalue weighted by Gasteiger charge is 2.06. The predicted octanol–water partition coefficient (Wildman–Crippen LogP) is 5.30. The second-order valence-corrected chi connectivity index (χ2v) is 5.30. The molecule has 4 rings (SSSR count). The summed E-state index contributed by atoms with van der Waals surface area (Å²) in [6.45, 7) is 2.14. The highest BCUT2D eigenvalue weighted by Crippen LogP contribution is 2.30. The van der Waals surface area contributed by atoms with E-state index in [0.29, 0.717) is 0 Å². The fourth-order valence-electron chi connectivity index (χ4n) is 2.82. The van der Waals surface area contributed by atoms with Crippen molar-refractivity contribution in [1.29, 1.82) is 0 Å². The molecule has 0 atom stereocenters. The van der Waals surface area contributed by atoms with E-state index in [1.165, 1.54) is 38.5 Å².